The minimum absolute atomic E-state index is 0.0330. The number of pyridine rings is 2. The van der Waals surface area contributed by atoms with E-state index >= 15 is 0 Å². The normalized spacial score (nSPS) is 19.6. The van der Waals surface area contributed by atoms with E-state index in [1.165, 1.54) is 22.0 Å². The molecule has 3 aromatic heterocycles. The van der Waals surface area contributed by atoms with E-state index in [0.717, 1.165) is 22.2 Å². The van der Waals surface area contributed by atoms with Gasteiger partial charge in [-0.1, -0.05) is 62.3 Å². The summed E-state index contributed by atoms with van der Waals surface area (Å²) in [4.78, 5) is 9.87. The van der Waals surface area contributed by atoms with Crippen molar-refractivity contribution in [3.63, 3.8) is 0 Å². The van der Waals surface area contributed by atoms with Gasteiger partial charge in [0.15, 0.2) is 0 Å². The van der Waals surface area contributed by atoms with E-state index in [9.17, 15) is 0 Å². The Morgan fingerprint density at radius 2 is 1.50 bits per heavy atom. The van der Waals surface area contributed by atoms with Gasteiger partial charge in [-0.05, 0) is 57.0 Å². The summed E-state index contributed by atoms with van der Waals surface area (Å²) in [6, 6.07) is 9.15. The van der Waals surface area contributed by atoms with Crippen LogP contribution in [0.1, 0.15) is 79.1 Å². The average Bonchev–Trinajstić information content (AvgIpc) is 3.07. The zero-order valence-electron chi connectivity index (χ0n) is 19.8. The van der Waals surface area contributed by atoms with Crippen LogP contribution in [0.3, 0.4) is 0 Å². The molecule has 3 heterocycles. The van der Waals surface area contributed by atoms with E-state index < -0.39 is 0 Å². The molecule has 1 aliphatic carbocycles. The van der Waals surface area contributed by atoms with Crippen LogP contribution in [0.25, 0.3) is 27.5 Å². The predicted molar refractivity (Wildman–Crippen MR) is 127 cm³/mol. The molecule has 5 rings (SSSR count). The molecular weight excluding hydrogens is 366 g/mol. The first-order valence-electron chi connectivity index (χ1n) is 11.0. The topological polar surface area (TPSA) is 30.2 Å². The third-order valence-corrected chi connectivity index (χ3v) is 8.65. The molecule has 156 valence electrons. The Morgan fingerprint density at radius 1 is 0.867 bits per heavy atom. The van der Waals surface area contributed by atoms with Crippen molar-refractivity contribution in [1.29, 1.82) is 0 Å². The summed E-state index contributed by atoms with van der Waals surface area (Å²) in [5, 5.41) is 2.31. The van der Waals surface area contributed by atoms with Crippen LogP contribution < -0.4 is 0 Å². The molecule has 0 radical (unpaired) electrons. The van der Waals surface area contributed by atoms with Crippen molar-refractivity contribution in [2.24, 2.45) is 5.41 Å². The summed E-state index contributed by atoms with van der Waals surface area (Å²) in [6.07, 6.45) is 4.17. The second-order valence-corrected chi connectivity index (χ2v) is 11.8. The van der Waals surface area contributed by atoms with Crippen LogP contribution in [0.2, 0.25) is 0 Å². The molecule has 0 bridgehead atoms. The fourth-order valence-electron chi connectivity index (χ4n) is 5.33. The first-order valence-corrected chi connectivity index (χ1v) is 11.0. The minimum Gasteiger partial charge on any atom is -0.299 e. The lowest BCUT2D eigenvalue weighted by atomic mass is 9.59. The predicted octanol–water partition coefficient (Wildman–Crippen LogP) is 6.93. The molecule has 30 heavy (non-hydrogen) atoms. The monoisotopic (exact) mass is 399 g/mol. The van der Waals surface area contributed by atoms with Gasteiger partial charge in [-0.25, -0.2) is 4.98 Å². The van der Waals surface area contributed by atoms with Gasteiger partial charge in [-0.2, -0.15) is 0 Å². The largest absolute Gasteiger partial charge is 0.299 e. The van der Waals surface area contributed by atoms with Crippen molar-refractivity contribution in [2.75, 3.05) is 0 Å². The summed E-state index contributed by atoms with van der Waals surface area (Å²) >= 11 is 0. The lowest BCUT2D eigenvalue weighted by Crippen LogP contribution is -2.42. The molecule has 0 aliphatic heterocycles. The second kappa shape index (κ2) is 5.43. The molecule has 0 spiro atoms. The second-order valence-electron chi connectivity index (χ2n) is 11.8. The van der Waals surface area contributed by atoms with Gasteiger partial charge in [0.25, 0.3) is 0 Å². The smallest absolute Gasteiger partial charge is 0.147 e. The number of benzene rings is 1. The highest BCUT2D eigenvalue weighted by molar-refractivity contribution is 5.98. The molecular formula is C27H33N3. The summed E-state index contributed by atoms with van der Waals surface area (Å²) in [7, 11) is 0. The average molecular weight is 400 g/mol. The molecule has 0 saturated carbocycles. The SMILES string of the molecule is CC(C)(C)c1cc2ccn3c4cc5c(cc4nc3c2cn1)C(C)(C)C(C)(C)C5(C)C. The Labute approximate surface area is 179 Å². The summed E-state index contributed by atoms with van der Waals surface area (Å²) in [5.41, 5.74) is 7.61. The fraction of sp³-hybridized carbons (Fsp3) is 0.481. The lowest BCUT2D eigenvalue weighted by molar-refractivity contribution is 0.125. The molecule has 3 nitrogen and oxygen atoms in total. The highest BCUT2D eigenvalue weighted by atomic mass is 15.0. The maximum Gasteiger partial charge on any atom is 0.147 e. The number of nitrogens with zero attached hydrogens (tertiary/aromatic N) is 3. The minimum atomic E-state index is 0.0330. The molecule has 4 aromatic rings. The van der Waals surface area contributed by atoms with Crippen molar-refractivity contribution in [1.82, 2.24) is 14.4 Å². The van der Waals surface area contributed by atoms with Crippen molar-refractivity contribution < 1.29 is 0 Å². The van der Waals surface area contributed by atoms with Gasteiger partial charge in [0.1, 0.15) is 5.65 Å². The molecule has 1 aromatic carbocycles. The maximum absolute atomic E-state index is 5.10. The first kappa shape index (κ1) is 19.5. The quantitative estimate of drug-likeness (QED) is 0.321. The van der Waals surface area contributed by atoms with E-state index in [2.05, 4.69) is 97.2 Å². The Kier molecular flexibility index (Phi) is 3.54. The number of imidazole rings is 1. The van der Waals surface area contributed by atoms with E-state index in [1.807, 2.05) is 6.20 Å². The Hall–Kier alpha value is -2.42. The van der Waals surface area contributed by atoms with Crippen LogP contribution in [-0.4, -0.2) is 14.4 Å². The van der Waals surface area contributed by atoms with Crippen LogP contribution >= 0.6 is 0 Å². The molecule has 3 heteroatoms. The van der Waals surface area contributed by atoms with Gasteiger partial charge < -0.3 is 0 Å². The van der Waals surface area contributed by atoms with Crippen LogP contribution in [-0.2, 0) is 16.2 Å². The fourth-order valence-corrected chi connectivity index (χ4v) is 5.33. The van der Waals surface area contributed by atoms with E-state index in [4.69, 9.17) is 9.97 Å². The van der Waals surface area contributed by atoms with E-state index in [-0.39, 0.29) is 21.7 Å². The maximum atomic E-state index is 5.10. The van der Waals surface area contributed by atoms with Crippen LogP contribution in [0, 0.1) is 5.41 Å². The molecule has 0 unspecified atom stereocenters. The zero-order valence-corrected chi connectivity index (χ0v) is 19.8. The van der Waals surface area contributed by atoms with Gasteiger partial charge in [0.05, 0.1) is 11.0 Å². The molecule has 0 N–H and O–H groups in total. The lowest BCUT2D eigenvalue weighted by Gasteiger charge is -2.44. The van der Waals surface area contributed by atoms with Crippen LogP contribution in [0.5, 0.6) is 0 Å². The van der Waals surface area contributed by atoms with E-state index in [0.29, 0.717) is 0 Å². The highest BCUT2D eigenvalue weighted by Gasteiger charge is 2.56. The molecule has 0 amide bonds. The number of rotatable bonds is 0. The third-order valence-electron chi connectivity index (χ3n) is 8.65. The summed E-state index contributed by atoms with van der Waals surface area (Å²) in [5.74, 6) is 0. The van der Waals surface area contributed by atoms with Crippen molar-refractivity contribution in [3.05, 3.63) is 53.5 Å². The first-order chi connectivity index (χ1) is 13.8. The van der Waals surface area contributed by atoms with Gasteiger partial charge in [-0.3, -0.25) is 9.38 Å². The Bertz CT molecular complexity index is 1340. The number of fused-ring (bicyclic) bond motifs is 6. The standard InChI is InChI=1S/C27H33N3/c1-24(2,3)22-12-16-10-11-30-21-14-19-18(25(4,5)27(8,9)26(19,6)7)13-20(21)29-23(30)17(16)15-28-22/h10-15H,1-9H3. The van der Waals surface area contributed by atoms with Gasteiger partial charge in [0, 0.05) is 28.9 Å². The number of hydrogen-bond acceptors (Lipinski definition) is 2. The van der Waals surface area contributed by atoms with Crippen LogP contribution in [0.4, 0.5) is 0 Å². The molecule has 1 aliphatic rings. The molecule has 0 saturated heterocycles. The van der Waals surface area contributed by atoms with Crippen molar-refractivity contribution in [3.8, 4) is 0 Å². The molecule has 0 fully saturated rings. The van der Waals surface area contributed by atoms with Gasteiger partial charge in [-0.15, -0.1) is 0 Å². The highest BCUT2D eigenvalue weighted by Crippen LogP contribution is 2.61. The summed E-state index contributed by atoms with van der Waals surface area (Å²) < 4.78 is 2.24. The van der Waals surface area contributed by atoms with Crippen molar-refractivity contribution in [2.45, 2.75) is 78.6 Å². The molecule has 0 atom stereocenters. The Balaban J connectivity index is 1.83. The Morgan fingerprint density at radius 3 is 2.13 bits per heavy atom. The summed E-state index contributed by atoms with van der Waals surface area (Å²) in [6.45, 7) is 21.0. The van der Waals surface area contributed by atoms with Gasteiger partial charge >= 0.3 is 0 Å². The van der Waals surface area contributed by atoms with Gasteiger partial charge in [0.2, 0.25) is 0 Å². The number of aromatic nitrogens is 3. The van der Waals surface area contributed by atoms with Crippen molar-refractivity contribution >= 4 is 27.5 Å². The zero-order chi connectivity index (χ0) is 21.9. The van der Waals surface area contributed by atoms with Crippen LogP contribution in [0.15, 0.2) is 36.7 Å². The third kappa shape index (κ3) is 2.21. The number of hydrogen-bond donors (Lipinski definition) is 0. The van der Waals surface area contributed by atoms with E-state index in [1.54, 1.807) is 0 Å².